The molecule has 0 spiro atoms. The van der Waals surface area contributed by atoms with Crippen LogP contribution in [-0.4, -0.2) is 44.6 Å². The molecule has 0 aliphatic carbocycles. The van der Waals surface area contributed by atoms with Gasteiger partial charge in [-0.15, -0.1) is 0 Å². The van der Waals surface area contributed by atoms with Crippen LogP contribution in [0, 0.1) is 6.57 Å². The SMILES string of the molecule is [C-]#[N+]C1[C@H](n2ccc(N)nc2=O)O[C@H](CO)[C@H]1O. The number of hydrogen-bond donors (Lipinski definition) is 3. The molecule has 0 radical (unpaired) electrons. The van der Waals surface area contributed by atoms with Crippen molar-refractivity contribution in [3.05, 3.63) is 34.2 Å². The molecule has 18 heavy (non-hydrogen) atoms. The molecule has 0 bridgehead atoms. The lowest BCUT2D eigenvalue weighted by Gasteiger charge is -2.13. The van der Waals surface area contributed by atoms with Crippen LogP contribution in [0.3, 0.4) is 0 Å². The summed E-state index contributed by atoms with van der Waals surface area (Å²) < 4.78 is 6.38. The van der Waals surface area contributed by atoms with Gasteiger partial charge in [0.1, 0.15) is 11.9 Å². The van der Waals surface area contributed by atoms with E-state index in [9.17, 15) is 9.90 Å². The normalized spacial score (nSPS) is 31.2. The third-order valence-electron chi connectivity index (χ3n) is 2.79. The second-order valence-electron chi connectivity index (χ2n) is 3.90. The molecule has 1 saturated heterocycles. The van der Waals surface area contributed by atoms with Crippen molar-refractivity contribution in [3.8, 4) is 0 Å². The van der Waals surface area contributed by atoms with Gasteiger partial charge in [-0.3, -0.25) is 4.57 Å². The highest BCUT2D eigenvalue weighted by Gasteiger charge is 2.49. The highest BCUT2D eigenvalue weighted by Crippen LogP contribution is 2.30. The first kappa shape index (κ1) is 12.5. The molecule has 2 heterocycles. The topological polar surface area (TPSA) is 115 Å². The van der Waals surface area contributed by atoms with Gasteiger partial charge in [0.2, 0.25) is 6.23 Å². The molecule has 1 fully saturated rings. The van der Waals surface area contributed by atoms with Crippen LogP contribution < -0.4 is 11.4 Å². The first-order valence-corrected chi connectivity index (χ1v) is 5.24. The zero-order valence-corrected chi connectivity index (χ0v) is 9.30. The summed E-state index contributed by atoms with van der Waals surface area (Å²) in [6.45, 7) is 6.60. The average Bonchev–Trinajstić information content (AvgIpc) is 2.65. The number of nitrogens with zero attached hydrogens (tertiary/aromatic N) is 3. The Morgan fingerprint density at radius 1 is 1.67 bits per heavy atom. The van der Waals surface area contributed by atoms with Crippen molar-refractivity contribution >= 4 is 5.82 Å². The Balaban J connectivity index is 2.39. The predicted molar refractivity (Wildman–Crippen MR) is 60.3 cm³/mol. The zero-order chi connectivity index (χ0) is 13.3. The van der Waals surface area contributed by atoms with Crippen molar-refractivity contribution in [1.29, 1.82) is 0 Å². The molecular weight excluding hydrogens is 240 g/mol. The quantitative estimate of drug-likeness (QED) is 0.544. The number of anilines is 1. The van der Waals surface area contributed by atoms with E-state index in [1.54, 1.807) is 0 Å². The van der Waals surface area contributed by atoms with Gasteiger partial charge in [0.05, 0.1) is 6.61 Å². The van der Waals surface area contributed by atoms with Crippen molar-refractivity contribution in [2.45, 2.75) is 24.5 Å². The third-order valence-corrected chi connectivity index (χ3v) is 2.79. The van der Waals surface area contributed by atoms with Gasteiger partial charge in [0.25, 0.3) is 6.04 Å². The van der Waals surface area contributed by atoms with Gasteiger partial charge in [0.15, 0.2) is 6.10 Å². The van der Waals surface area contributed by atoms with Gasteiger partial charge >= 0.3 is 5.69 Å². The Labute approximate surface area is 102 Å². The minimum absolute atomic E-state index is 0.0628. The largest absolute Gasteiger partial charge is 0.394 e. The Kier molecular flexibility index (Phi) is 3.29. The number of nitrogen functional groups attached to an aromatic ring is 1. The first-order valence-electron chi connectivity index (χ1n) is 5.24. The number of aliphatic hydroxyl groups is 2. The lowest BCUT2D eigenvalue weighted by atomic mass is 10.1. The number of rotatable bonds is 2. The Morgan fingerprint density at radius 2 is 2.39 bits per heavy atom. The molecule has 2 rings (SSSR count). The van der Waals surface area contributed by atoms with Crippen LogP contribution in [0.4, 0.5) is 5.82 Å². The monoisotopic (exact) mass is 252 g/mol. The number of hydrogen-bond acceptors (Lipinski definition) is 6. The van der Waals surface area contributed by atoms with E-state index in [1.165, 1.54) is 12.3 Å². The lowest BCUT2D eigenvalue weighted by Crippen LogP contribution is -2.34. The third kappa shape index (κ3) is 1.95. The van der Waals surface area contributed by atoms with Gasteiger partial charge in [-0.2, -0.15) is 4.98 Å². The van der Waals surface area contributed by atoms with Crippen LogP contribution in [0.5, 0.6) is 0 Å². The van der Waals surface area contributed by atoms with E-state index < -0.39 is 36.8 Å². The minimum atomic E-state index is -1.15. The van der Waals surface area contributed by atoms with E-state index >= 15 is 0 Å². The Hall–Kier alpha value is -1.95. The molecular formula is C10H12N4O4. The van der Waals surface area contributed by atoms with Crippen molar-refractivity contribution in [1.82, 2.24) is 9.55 Å². The maximum atomic E-state index is 11.6. The molecule has 1 aliphatic rings. The Bertz CT molecular complexity index is 537. The van der Waals surface area contributed by atoms with Crippen LogP contribution in [-0.2, 0) is 4.74 Å². The van der Waals surface area contributed by atoms with E-state index in [-0.39, 0.29) is 5.82 Å². The number of aromatic nitrogens is 2. The highest BCUT2D eigenvalue weighted by molar-refractivity contribution is 5.23. The summed E-state index contributed by atoms with van der Waals surface area (Å²) in [5.41, 5.74) is 4.69. The van der Waals surface area contributed by atoms with E-state index in [0.29, 0.717) is 0 Å². The van der Waals surface area contributed by atoms with Crippen LogP contribution >= 0.6 is 0 Å². The predicted octanol–water partition coefficient (Wildman–Crippen LogP) is -1.64. The number of ether oxygens (including phenoxy) is 1. The maximum absolute atomic E-state index is 11.6. The molecule has 96 valence electrons. The fraction of sp³-hybridized carbons (Fsp3) is 0.500. The summed E-state index contributed by atoms with van der Waals surface area (Å²) in [6, 6.07) is 0.426. The molecule has 1 aromatic heterocycles. The molecule has 1 aromatic rings. The summed E-state index contributed by atoms with van der Waals surface area (Å²) in [4.78, 5) is 18.4. The maximum Gasteiger partial charge on any atom is 0.351 e. The van der Waals surface area contributed by atoms with Crippen molar-refractivity contribution in [3.63, 3.8) is 0 Å². The average molecular weight is 252 g/mol. The Morgan fingerprint density at radius 3 is 2.94 bits per heavy atom. The highest BCUT2D eigenvalue weighted by atomic mass is 16.5. The van der Waals surface area contributed by atoms with Crippen molar-refractivity contribution in [2.75, 3.05) is 12.3 Å². The second-order valence-corrected chi connectivity index (χ2v) is 3.90. The van der Waals surface area contributed by atoms with Crippen LogP contribution in [0.1, 0.15) is 6.23 Å². The molecule has 0 saturated carbocycles. The number of aliphatic hydroxyl groups excluding tert-OH is 2. The van der Waals surface area contributed by atoms with Crippen molar-refractivity contribution in [2.24, 2.45) is 0 Å². The smallest absolute Gasteiger partial charge is 0.351 e. The molecule has 1 unspecified atom stereocenters. The second kappa shape index (κ2) is 4.73. The van der Waals surface area contributed by atoms with Crippen molar-refractivity contribution < 1.29 is 14.9 Å². The number of nitrogens with two attached hydrogens (primary N) is 1. The molecule has 4 atom stereocenters. The summed E-state index contributed by atoms with van der Waals surface area (Å²) in [5.74, 6) is 0.0628. The molecule has 8 heteroatoms. The van der Waals surface area contributed by atoms with E-state index in [4.69, 9.17) is 22.1 Å². The van der Waals surface area contributed by atoms with Gasteiger partial charge in [0, 0.05) is 6.20 Å². The van der Waals surface area contributed by atoms with E-state index in [2.05, 4.69) is 9.83 Å². The van der Waals surface area contributed by atoms with E-state index in [0.717, 1.165) is 4.57 Å². The van der Waals surface area contributed by atoms with Gasteiger partial charge in [-0.05, 0) is 6.07 Å². The van der Waals surface area contributed by atoms with Gasteiger partial charge in [-0.1, -0.05) is 0 Å². The molecule has 1 aliphatic heterocycles. The zero-order valence-electron chi connectivity index (χ0n) is 9.30. The standard InChI is InChI=1S/C10H12N4O4/c1-12-7-8(16)5(4-15)18-9(7)14-3-2-6(11)13-10(14)17/h2-3,5,7-9,15-16H,4H2,(H2,11,13,17)/t5-,7?,8-,9-/m1/s1. The first-order chi connectivity index (χ1) is 8.58. The molecule has 0 amide bonds. The van der Waals surface area contributed by atoms with Crippen LogP contribution in [0.2, 0.25) is 0 Å². The van der Waals surface area contributed by atoms with Gasteiger partial charge in [-0.25, -0.2) is 11.4 Å². The summed E-state index contributed by atoms with van der Waals surface area (Å²) in [6.07, 6.45) is -1.67. The summed E-state index contributed by atoms with van der Waals surface area (Å²) in [5, 5.41) is 18.8. The fourth-order valence-electron chi connectivity index (χ4n) is 1.87. The van der Waals surface area contributed by atoms with E-state index in [1.807, 2.05) is 0 Å². The van der Waals surface area contributed by atoms with Gasteiger partial charge < -0.3 is 25.5 Å². The molecule has 4 N–H and O–H groups in total. The summed E-state index contributed by atoms with van der Waals surface area (Å²) >= 11 is 0. The van der Waals surface area contributed by atoms with Crippen LogP contribution in [0.25, 0.3) is 4.85 Å². The molecule has 8 nitrogen and oxygen atoms in total. The fourth-order valence-corrected chi connectivity index (χ4v) is 1.87. The summed E-state index contributed by atoms with van der Waals surface area (Å²) in [7, 11) is 0. The lowest BCUT2D eigenvalue weighted by molar-refractivity contribution is -0.0460. The van der Waals surface area contributed by atoms with Crippen LogP contribution in [0.15, 0.2) is 17.1 Å². The minimum Gasteiger partial charge on any atom is -0.394 e. The molecule has 0 aromatic carbocycles.